The van der Waals surface area contributed by atoms with Crippen molar-refractivity contribution in [1.82, 2.24) is 10.6 Å². The van der Waals surface area contributed by atoms with Gasteiger partial charge in [0.2, 0.25) is 0 Å². The number of aliphatic carboxylic acids is 1. The Morgan fingerprint density at radius 1 is 0.596 bits per heavy atom. The first-order chi connectivity index (χ1) is 26.9. The first kappa shape index (κ1) is 44.1. The molecule has 0 heterocycles. The molecule has 3 N–H and O–H groups in total. The zero-order chi connectivity index (χ0) is 41.8. The predicted molar refractivity (Wildman–Crippen MR) is 223 cm³/mol. The second kappa shape index (κ2) is 20.0. The van der Waals surface area contributed by atoms with Gasteiger partial charge in [-0.15, -0.1) is 0 Å². The van der Waals surface area contributed by atoms with E-state index in [0.29, 0.717) is 25.7 Å². The maximum Gasteiger partial charge on any atom is 0.407 e. The highest BCUT2D eigenvalue weighted by Gasteiger charge is 2.28. The van der Waals surface area contributed by atoms with Crippen molar-refractivity contribution in [3.05, 3.63) is 120 Å². The molecule has 10 heteroatoms. The normalized spacial score (nSPS) is 13.7. The van der Waals surface area contributed by atoms with Crippen LogP contribution in [0.25, 0.3) is 22.3 Å². The summed E-state index contributed by atoms with van der Waals surface area (Å²) >= 11 is 0. The Hall–Kier alpha value is -5.64. The van der Waals surface area contributed by atoms with Gasteiger partial charge in [-0.05, 0) is 99.2 Å². The minimum Gasteiger partial charge on any atom is -0.481 e. The largest absolute Gasteiger partial charge is 0.481 e. The Bertz CT molecular complexity index is 1930. The van der Waals surface area contributed by atoms with Crippen molar-refractivity contribution in [2.24, 2.45) is 11.8 Å². The van der Waals surface area contributed by atoms with Crippen LogP contribution in [0.4, 0.5) is 9.59 Å². The molecular weight excluding hydrogens is 721 g/mol. The van der Waals surface area contributed by atoms with Gasteiger partial charge in [0.05, 0.1) is 18.9 Å². The lowest BCUT2D eigenvalue weighted by Crippen LogP contribution is -2.43. The Balaban J connectivity index is 1.40. The number of amides is 2. The van der Waals surface area contributed by atoms with E-state index in [0.717, 1.165) is 38.9 Å². The molecule has 0 spiro atoms. The molecule has 57 heavy (non-hydrogen) atoms. The zero-order valence-corrected chi connectivity index (χ0v) is 34.5. The average molecular weight is 779 g/mol. The van der Waals surface area contributed by atoms with Crippen molar-refractivity contribution in [1.29, 1.82) is 0 Å². The van der Waals surface area contributed by atoms with Gasteiger partial charge >= 0.3 is 24.1 Å². The van der Waals surface area contributed by atoms with Crippen molar-refractivity contribution in [3.8, 4) is 22.3 Å². The van der Waals surface area contributed by atoms with E-state index in [1.54, 1.807) is 34.6 Å². The summed E-state index contributed by atoms with van der Waals surface area (Å²) in [6.07, 6.45) is 0.883. The minimum atomic E-state index is -0.922. The number of methoxy groups -OCH3 is 1. The van der Waals surface area contributed by atoms with Crippen molar-refractivity contribution in [2.75, 3.05) is 7.11 Å². The number of benzene rings is 4. The highest BCUT2D eigenvalue weighted by atomic mass is 16.6. The number of carboxylic acid groups (broad SMARTS) is 1. The van der Waals surface area contributed by atoms with Gasteiger partial charge in [-0.2, -0.15) is 0 Å². The van der Waals surface area contributed by atoms with Crippen LogP contribution in [0.2, 0.25) is 0 Å². The summed E-state index contributed by atoms with van der Waals surface area (Å²) in [6.45, 7) is 12.5. The summed E-state index contributed by atoms with van der Waals surface area (Å²) in [4.78, 5) is 49.9. The summed E-state index contributed by atoms with van der Waals surface area (Å²) in [5, 5.41) is 15.5. The molecule has 4 aromatic rings. The number of hydrogen-bond acceptors (Lipinski definition) is 7. The molecule has 0 aliphatic carbocycles. The van der Waals surface area contributed by atoms with E-state index in [-0.39, 0.29) is 18.4 Å². The maximum atomic E-state index is 13.3. The van der Waals surface area contributed by atoms with Gasteiger partial charge in [-0.3, -0.25) is 9.59 Å². The first-order valence-corrected chi connectivity index (χ1v) is 19.5. The van der Waals surface area contributed by atoms with Crippen LogP contribution in [0, 0.1) is 11.8 Å². The standard InChI is InChI=1S/C47H58N2O8/c1-31(42(50)51)25-40(28-33-17-21-37(22-18-33)36-14-10-9-11-15-36)49-45(54)57-47(6,7)30-35-13-12-16-39(27-35)38-23-19-34(20-24-38)29-41(26-32(2)43(52)55-8)48-44(53)56-46(3,4)5/h9-24,27,31-32,40-41H,25-26,28-30H2,1-8H3,(H,48,53)(H,49,54)(H,50,51)/t31-,32-,40?,41?/m1/s1. The zero-order valence-electron chi connectivity index (χ0n) is 34.5. The van der Waals surface area contributed by atoms with Crippen LogP contribution in [0.3, 0.4) is 0 Å². The van der Waals surface area contributed by atoms with E-state index in [2.05, 4.69) is 16.7 Å². The minimum absolute atomic E-state index is 0.250. The predicted octanol–water partition coefficient (Wildman–Crippen LogP) is 9.43. The van der Waals surface area contributed by atoms with Crippen LogP contribution < -0.4 is 10.6 Å². The molecule has 0 saturated carbocycles. The van der Waals surface area contributed by atoms with E-state index in [9.17, 15) is 24.3 Å². The Labute approximate surface area is 337 Å². The molecule has 10 nitrogen and oxygen atoms in total. The molecule has 0 aliphatic rings. The van der Waals surface area contributed by atoms with Crippen LogP contribution in [0.15, 0.2) is 103 Å². The molecule has 0 aromatic heterocycles. The lowest BCUT2D eigenvalue weighted by molar-refractivity contribution is -0.145. The summed E-state index contributed by atoms with van der Waals surface area (Å²) in [5.41, 5.74) is 5.56. The summed E-state index contributed by atoms with van der Waals surface area (Å²) < 4.78 is 16.4. The number of ether oxygens (including phenoxy) is 3. The third-order valence-electron chi connectivity index (χ3n) is 9.58. The summed E-state index contributed by atoms with van der Waals surface area (Å²) in [6, 6.07) is 33.4. The van der Waals surface area contributed by atoms with Crippen molar-refractivity contribution in [2.45, 2.75) is 104 Å². The van der Waals surface area contributed by atoms with Crippen LogP contribution in [0.1, 0.15) is 78.0 Å². The van der Waals surface area contributed by atoms with Crippen LogP contribution in [0.5, 0.6) is 0 Å². The first-order valence-electron chi connectivity index (χ1n) is 19.5. The van der Waals surface area contributed by atoms with Gasteiger partial charge in [0, 0.05) is 18.5 Å². The summed E-state index contributed by atoms with van der Waals surface area (Å²) in [7, 11) is 1.35. The Morgan fingerprint density at radius 2 is 1.07 bits per heavy atom. The Kier molecular flexibility index (Phi) is 15.5. The fraction of sp³-hybridized carbons (Fsp3) is 0.404. The fourth-order valence-electron chi connectivity index (χ4n) is 6.81. The van der Waals surface area contributed by atoms with E-state index in [1.165, 1.54) is 7.11 Å². The lowest BCUT2D eigenvalue weighted by atomic mass is 9.93. The number of esters is 1. The third kappa shape index (κ3) is 14.7. The van der Waals surface area contributed by atoms with Gasteiger partial charge < -0.3 is 30.0 Å². The number of rotatable bonds is 17. The Morgan fingerprint density at radius 3 is 1.58 bits per heavy atom. The van der Waals surface area contributed by atoms with E-state index in [1.807, 2.05) is 111 Å². The van der Waals surface area contributed by atoms with E-state index >= 15 is 0 Å². The molecule has 304 valence electrons. The average Bonchev–Trinajstić information content (AvgIpc) is 3.14. The van der Waals surface area contributed by atoms with E-state index < -0.39 is 47.2 Å². The maximum absolute atomic E-state index is 13.3. The number of nitrogens with one attached hydrogen (secondary N) is 2. The number of carbonyl (C=O) groups is 4. The number of carbonyl (C=O) groups excluding carboxylic acids is 3. The SMILES string of the molecule is COC(=O)[C@H](C)CC(Cc1ccc(-c2cccc(CC(C)(C)OC(=O)NC(Cc3ccc(-c4ccccc4)cc3)C[C@@H](C)C(=O)O)c2)cc1)NC(=O)OC(C)(C)C. The molecule has 0 bridgehead atoms. The molecule has 2 amide bonds. The van der Waals surface area contributed by atoms with Crippen LogP contribution >= 0.6 is 0 Å². The molecule has 4 atom stereocenters. The molecule has 0 fully saturated rings. The van der Waals surface area contributed by atoms with Gasteiger partial charge in [0.1, 0.15) is 11.2 Å². The number of carboxylic acids is 1. The molecule has 0 radical (unpaired) electrons. The topological polar surface area (TPSA) is 140 Å². The third-order valence-corrected chi connectivity index (χ3v) is 9.58. The van der Waals surface area contributed by atoms with Crippen molar-refractivity contribution < 1.29 is 38.5 Å². The second-order valence-corrected chi connectivity index (χ2v) is 16.5. The monoisotopic (exact) mass is 778 g/mol. The van der Waals surface area contributed by atoms with Crippen molar-refractivity contribution >= 4 is 24.1 Å². The highest BCUT2D eigenvalue weighted by molar-refractivity contribution is 5.73. The molecule has 0 aliphatic heterocycles. The smallest absolute Gasteiger partial charge is 0.407 e. The number of alkyl carbamates (subject to hydrolysis) is 2. The number of hydrogen-bond donors (Lipinski definition) is 3. The molecule has 4 rings (SSSR count). The highest BCUT2D eigenvalue weighted by Crippen LogP contribution is 2.26. The molecule has 2 unspecified atom stereocenters. The lowest BCUT2D eigenvalue weighted by Gasteiger charge is -2.28. The van der Waals surface area contributed by atoms with E-state index in [4.69, 9.17) is 14.2 Å². The molecule has 4 aromatic carbocycles. The van der Waals surface area contributed by atoms with Gasteiger partial charge in [0.15, 0.2) is 0 Å². The van der Waals surface area contributed by atoms with Crippen molar-refractivity contribution in [3.63, 3.8) is 0 Å². The van der Waals surface area contributed by atoms with Gasteiger partial charge in [-0.1, -0.05) is 117 Å². The van der Waals surface area contributed by atoms with Gasteiger partial charge in [-0.25, -0.2) is 9.59 Å². The molecular formula is C47H58N2O8. The molecule has 0 saturated heterocycles. The second-order valence-electron chi connectivity index (χ2n) is 16.5. The summed E-state index contributed by atoms with van der Waals surface area (Å²) in [5.74, 6) is -2.34. The quantitative estimate of drug-likeness (QED) is 0.0712. The van der Waals surface area contributed by atoms with Crippen LogP contribution in [-0.4, -0.2) is 59.6 Å². The van der Waals surface area contributed by atoms with Gasteiger partial charge in [0.25, 0.3) is 0 Å². The van der Waals surface area contributed by atoms with Crippen LogP contribution in [-0.2, 0) is 43.1 Å². The fourth-order valence-corrected chi connectivity index (χ4v) is 6.81.